The number of amides is 1. The Balaban J connectivity index is 0.00000288. The van der Waals surface area contributed by atoms with E-state index < -0.39 is 10.0 Å². The molecule has 0 aliphatic carbocycles. The van der Waals surface area contributed by atoms with Crippen LogP contribution in [0.15, 0.2) is 23.1 Å². The number of benzene rings is 1. The fraction of sp³-hybridized carbons (Fsp3) is 0.533. The Hall–Kier alpha value is -1.35. The van der Waals surface area contributed by atoms with Gasteiger partial charge < -0.3 is 15.4 Å². The van der Waals surface area contributed by atoms with Crippen molar-refractivity contribution in [3.05, 3.63) is 23.8 Å². The number of halogens is 1. The molecule has 1 heterocycles. The minimum atomic E-state index is -3.70. The van der Waals surface area contributed by atoms with Gasteiger partial charge >= 0.3 is 0 Å². The third-order valence-electron chi connectivity index (χ3n) is 3.91. The molecule has 1 fully saturated rings. The molecule has 1 aliphatic rings. The Kier molecular flexibility index (Phi) is 7.03. The lowest BCUT2D eigenvalue weighted by atomic mass is 10.1. The first kappa shape index (κ1) is 20.7. The molecule has 0 bridgehead atoms. The number of nitrogens with zero attached hydrogens (tertiary/aromatic N) is 2. The molecule has 136 valence electrons. The van der Waals surface area contributed by atoms with E-state index in [0.29, 0.717) is 18.7 Å². The number of methoxy groups -OCH3 is 1. The molecule has 0 spiro atoms. The van der Waals surface area contributed by atoms with Gasteiger partial charge in [-0.1, -0.05) is 0 Å². The molecule has 1 atom stereocenters. The van der Waals surface area contributed by atoms with E-state index in [1.54, 1.807) is 11.0 Å². The molecule has 1 aliphatic heterocycles. The highest BCUT2D eigenvalue weighted by molar-refractivity contribution is 7.89. The summed E-state index contributed by atoms with van der Waals surface area (Å²) in [6.07, 6.45) is 1.75. The predicted molar refractivity (Wildman–Crippen MR) is 94.2 cm³/mol. The maximum atomic E-state index is 12.6. The summed E-state index contributed by atoms with van der Waals surface area (Å²) in [6.45, 7) is 1.12. The van der Waals surface area contributed by atoms with Gasteiger partial charge in [0.25, 0.3) is 5.91 Å². The van der Waals surface area contributed by atoms with Gasteiger partial charge in [0.05, 0.1) is 7.11 Å². The molecular formula is C15H24ClN3O4S. The molecule has 1 saturated heterocycles. The van der Waals surface area contributed by atoms with Gasteiger partial charge in [-0.15, -0.1) is 12.4 Å². The lowest BCUT2D eigenvalue weighted by molar-refractivity contribution is 0.0708. The van der Waals surface area contributed by atoms with Crippen LogP contribution in [0.5, 0.6) is 5.75 Å². The average Bonchev–Trinajstić information content (AvgIpc) is 2.53. The van der Waals surface area contributed by atoms with Crippen molar-refractivity contribution in [1.29, 1.82) is 0 Å². The number of nitrogens with two attached hydrogens (primary N) is 1. The van der Waals surface area contributed by atoms with Crippen LogP contribution in [0, 0.1) is 0 Å². The van der Waals surface area contributed by atoms with Gasteiger partial charge in [-0.2, -0.15) is 0 Å². The normalized spacial score (nSPS) is 18.2. The fourth-order valence-corrected chi connectivity index (χ4v) is 3.66. The van der Waals surface area contributed by atoms with Crippen LogP contribution in [0.1, 0.15) is 23.2 Å². The van der Waals surface area contributed by atoms with E-state index in [2.05, 4.69) is 0 Å². The van der Waals surface area contributed by atoms with Crippen molar-refractivity contribution >= 4 is 28.3 Å². The maximum Gasteiger partial charge on any atom is 0.253 e. The third-order valence-corrected chi connectivity index (χ3v) is 5.75. The molecule has 2 N–H and O–H groups in total. The molecule has 24 heavy (non-hydrogen) atoms. The summed E-state index contributed by atoms with van der Waals surface area (Å²) >= 11 is 0. The number of rotatable bonds is 4. The van der Waals surface area contributed by atoms with E-state index in [9.17, 15) is 13.2 Å². The minimum Gasteiger partial charge on any atom is -0.495 e. The van der Waals surface area contributed by atoms with Gasteiger partial charge in [-0.25, -0.2) is 12.7 Å². The smallest absolute Gasteiger partial charge is 0.253 e. The summed E-state index contributed by atoms with van der Waals surface area (Å²) in [5, 5.41) is 0. The summed E-state index contributed by atoms with van der Waals surface area (Å²) in [7, 11) is 0.569. The van der Waals surface area contributed by atoms with Crippen LogP contribution in [0.3, 0.4) is 0 Å². The lowest BCUT2D eigenvalue weighted by Crippen LogP contribution is -2.45. The van der Waals surface area contributed by atoms with Crippen molar-refractivity contribution in [1.82, 2.24) is 9.21 Å². The monoisotopic (exact) mass is 377 g/mol. The summed E-state index contributed by atoms with van der Waals surface area (Å²) in [5.41, 5.74) is 6.23. The van der Waals surface area contributed by atoms with E-state index in [-0.39, 0.29) is 35.0 Å². The Morgan fingerprint density at radius 2 is 2.04 bits per heavy atom. The van der Waals surface area contributed by atoms with Crippen molar-refractivity contribution in [2.75, 3.05) is 34.3 Å². The molecule has 1 aromatic rings. The summed E-state index contributed by atoms with van der Waals surface area (Å²) in [5.74, 6) is 0.00334. The number of sulfonamides is 1. The number of hydrogen-bond acceptors (Lipinski definition) is 5. The standard InChI is InChI=1S/C15H23N3O4S.ClH/c1-17(2)23(20,21)14-9-11(6-7-13(14)22-3)15(19)18-8-4-5-12(16)10-18;/h6-7,9,12H,4-5,8,10,16H2,1-3H3;1H. The fourth-order valence-electron chi connectivity index (χ4n) is 2.59. The van der Waals surface area contributed by atoms with Gasteiger partial charge in [0.2, 0.25) is 10.0 Å². The Morgan fingerprint density at radius 3 is 2.58 bits per heavy atom. The molecular weight excluding hydrogens is 354 g/mol. The first-order valence-electron chi connectivity index (χ1n) is 7.42. The Morgan fingerprint density at radius 1 is 1.38 bits per heavy atom. The molecule has 9 heteroatoms. The van der Waals surface area contributed by atoms with E-state index in [0.717, 1.165) is 17.1 Å². The molecule has 0 aromatic heterocycles. The predicted octanol–water partition coefficient (Wildman–Crippen LogP) is 0.931. The maximum absolute atomic E-state index is 12.6. The molecule has 0 radical (unpaired) electrons. The van der Waals surface area contributed by atoms with Gasteiger partial charge in [0.1, 0.15) is 10.6 Å². The van der Waals surface area contributed by atoms with Gasteiger partial charge in [-0.05, 0) is 31.0 Å². The largest absolute Gasteiger partial charge is 0.495 e. The van der Waals surface area contributed by atoms with Crippen LogP contribution in [0.4, 0.5) is 0 Å². The summed E-state index contributed by atoms with van der Waals surface area (Å²) in [4.78, 5) is 14.3. The second-order valence-electron chi connectivity index (χ2n) is 5.81. The number of hydrogen-bond donors (Lipinski definition) is 1. The van der Waals surface area contributed by atoms with Crippen LogP contribution < -0.4 is 10.5 Å². The van der Waals surface area contributed by atoms with Crippen molar-refractivity contribution in [2.45, 2.75) is 23.8 Å². The second-order valence-corrected chi connectivity index (χ2v) is 7.93. The quantitative estimate of drug-likeness (QED) is 0.842. The van der Waals surface area contributed by atoms with Crippen molar-refractivity contribution < 1.29 is 17.9 Å². The number of carbonyl (C=O) groups is 1. The zero-order chi connectivity index (χ0) is 17.2. The van der Waals surface area contributed by atoms with Crippen molar-refractivity contribution in [3.8, 4) is 5.75 Å². The topological polar surface area (TPSA) is 92.9 Å². The molecule has 1 aromatic carbocycles. The second kappa shape index (κ2) is 8.15. The number of likely N-dealkylation sites (tertiary alicyclic amines) is 1. The first-order valence-corrected chi connectivity index (χ1v) is 8.86. The zero-order valence-corrected chi connectivity index (χ0v) is 15.7. The third kappa shape index (κ3) is 4.18. The van der Waals surface area contributed by atoms with E-state index >= 15 is 0 Å². The van der Waals surface area contributed by atoms with E-state index in [1.807, 2.05) is 0 Å². The van der Waals surface area contributed by atoms with Crippen LogP contribution in [-0.2, 0) is 10.0 Å². The van der Waals surface area contributed by atoms with E-state index in [4.69, 9.17) is 10.5 Å². The lowest BCUT2D eigenvalue weighted by Gasteiger charge is -2.31. The summed E-state index contributed by atoms with van der Waals surface area (Å²) in [6, 6.07) is 4.43. The number of piperidine rings is 1. The minimum absolute atomic E-state index is 0. The summed E-state index contributed by atoms with van der Waals surface area (Å²) < 4.78 is 31.1. The highest BCUT2D eigenvalue weighted by Gasteiger charge is 2.27. The SMILES string of the molecule is COc1ccc(C(=O)N2CCCC(N)C2)cc1S(=O)(=O)N(C)C.Cl. The zero-order valence-electron chi connectivity index (χ0n) is 14.1. The Labute approximate surface area is 149 Å². The molecule has 1 unspecified atom stereocenters. The van der Waals surface area contributed by atoms with Gasteiger partial charge in [-0.3, -0.25) is 4.79 Å². The van der Waals surface area contributed by atoms with Crippen molar-refractivity contribution in [2.24, 2.45) is 5.73 Å². The number of carbonyl (C=O) groups excluding carboxylic acids is 1. The van der Waals surface area contributed by atoms with Crippen molar-refractivity contribution in [3.63, 3.8) is 0 Å². The first-order chi connectivity index (χ1) is 10.8. The van der Waals surface area contributed by atoms with E-state index in [1.165, 1.54) is 33.3 Å². The van der Waals surface area contributed by atoms with Crippen LogP contribution in [-0.4, -0.2) is 63.9 Å². The van der Waals surface area contributed by atoms with Crippen LogP contribution >= 0.6 is 12.4 Å². The Bertz CT molecular complexity index is 694. The van der Waals surface area contributed by atoms with Crippen LogP contribution in [0.25, 0.3) is 0 Å². The van der Waals surface area contributed by atoms with Gasteiger partial charge in [0.15, 0.2) is 0 Å². The average molecular weight is 378 g/mol. The molecule has 0 saturated carbocycles. The van der Waals surface area contributed by atoms with Crippen LogP contribution in [0.2, 0.25) is 0 Å². The molecule has 2 rings (SSSR count). The molecule has 1 amide bonds. The van der Waals surface area contributed by atoms with Gasteiger partial charge in [0, 0.05) is 38.8 Å². The number of ether oxygens (including phenoxy) is 1. The molecule has 7 nitrogen and oxygen atoms in total. The highest BCUT2D eigenvalue weighted by Crippen LogP contribution is 2.27. The highest BCUT2D eigenvalue weighted by atomic mass is 35.5.